The van der Waals surface area contributed by atoms with Crippen molar-refractivity contribution in [2.24, 2.45) is 0 Å². The van der Waals surface area contributed by atoms with E-state index >= 15 is 0 Å². The van der Waals surface area contributed by atoms with Gasteiger partial charge in [-0.05, 0) is 77.9 Å². The minimum Gasteiger partial charge on any atom is -0.456 e. The van der Waals surface area contributed by atoms with Crippen LogP contribution in [0.5, 0.6) is 11.5 Å². The second-order valence-corrected chi connectivity index (χ2v) is 10.1. The van der Waals surface area contributed by atoms with Crippen molar-refractivity contribution in [2.75, 3.05) is 5.32 Å². The van der Waals surface area contributed by atoms with E-state index in [0.717, 1.165) is 4.73 Å². The van der Waals surface area contributed by atoms with Crippen LogP contribution in [0, 0.1) is 0 Å². The van der Waals surface area contributed by atoms with Gasteiger partial charge in [-0.2, -0.15) is 0 Å². The summed E-state index contributed by atoms with van der Waals surface area (Å²) in [6.45, 7) is 10.3. The highest BCUT2D eigenvalue weighted by Gasteiger charge is 2.23. The molecule has 0 saturated heterocycles. The van der Waals surface area contributed by atoms with Crippen LogP contribution in [0.3, 0.4) is 0 Å². The Kier molecular flexibility index (Phi) is 7.64. The maximum Gasteiger partial charge on any atom is 0.534 e. The molecule has 2 N–H and O–H groups in total. The number of nitrogens with zero attached hydrogens (tertiary/aromatic N) is 1. The molecule has 0 fully saturated rings. The highest BCUT2D eigenvalue weighted by Crippen LogP contribution is 2.31. The van der Waals surface area contributed by atoms with Crippen molar-refractivity contribution >= 4 is 34.3 Å². The number of aliphatic hydroxyl groups is 1. The lowest BCUT2D eigenvalue weighted by Crippen LogP contribution is -2.38. The average molecular weight is 505 g/mol. The highest BCUT2D eigenvalue weighted by atomic mass is 35.5. The van der Waals surface area contributed by atoms with Gasteiger partial charge >= 0.3 is 11.7 Å². The molecule has 0 aliphatic carbocycles. The fraction of sp³-hybridized carbons (Fsp3) is 0.360. The Labute approximate surface area is 208 Å². The fourth-order valence-corrected chi connectivity index (χ4v) is 3.20. The molecule has 0 aliphatic heterocycles. The van der Waals surface area contributed by atoms with Crippen LogP contribution in [0.15, 0.2) is 53.3 Å². The second-order valence-electron chi connectivity index (χ2n) is 9.69. The number of carbonyl (C=O) groups is 1. The molecule has 0 amide bonds. The summed E-state index contributed by atoms with van der Waals surface area (Å²) in [6, 6.07) is 13.3. The first-order chi connectivity index (χ1) is 16.2. The molecule has 10 heteroatoms. The van der Waals surface area contributed by atoms with Gasteiger partial charge in [0, 0.05) is 5.39 Å². The molecule has 9 nitrogen and oxygen atoms in total. The second kappa shape index (κ2) is 10.2. The highest BCUT2D eigenvalue weighted by molar-refractivity contribution is 6.32. The van der Waals surface area contributed by atoms with Gasteiger partial charge in [-0.1, -0.05) is 23.7 Å². The number of benzene rings is 2. The third-order valence-corrected chi connectivity index (χ3v) is 4.61. The molecule has 0 aliphatic rings. The zero-order valence-electron chi connectivity index (χ0n) is 20.4. The minimum atomic E-state index is -1.50. The standard InChI is InChI=1S/C25H29ClN2O7/c1-24(2,3)33-22(30)27-18-14-15-13-16(32-20-10-8-7-9-17(20)26)11-12-19(15)28(21(18)29)35-23(31)34-25(4,5)6/h7-14,22,27,30H,1-6H3. The van der Waals surface area contributed by atoms with Crippen molar-refractivity contribution in [1.82, 2.24) is 4.73 Å². The van der Waals surface area contributed by atoms with Crippen LogP contribution in [0.25, 0.3) is 10.9 Å². The predicted molar refractivity (Wildman–Crippen MR) is 133 cm³/mol. The van der Waals surface area contributed by atoms with Crippen LogP contribution in [0.2, 0.25) is 5.02 Å². The van der Waals surface area contributed by atoms with Gasteiger partial charge < -0.3 is 24.6 Å². The predicted octanol–water partition coefficient (Wildman–Crippen LogP) is 5.31. The van der Waals surface area contributed by atoms with Crippen LogP contribution in [-0.4, -0.2) is 33.6 Å². The molecule has 188 valence electrons. The van der Waals surface area contributed by atoms with Gasteiger partial charge in [0.25, 0.3) is 0 Å². The molecule has 1 heterocycles. The van der Waals surface area contributed by atoms with Gasteiger partial charge in [0.05, 0.1) is 16.1 Å². The Morgan fingerprint density at radius 2 is 1.71 bits per heavy atom. The number of hydrogen-bond donors (Lipinski definition) is 2. The van der Waals surface area contributed by atoms with E-state index in [1.54, 1.807) is 84.0 Å². The van der Waals surface area contributed by atoms with E-state index in [9.17, 15) is 14.7 Å². The van der Waals surface area contributed by atoms with Crippen molar-refractivity contribution in [1.29, 1.82) is 0 Å². The number of halogens is 1. The summed E-state index contributed by atoms with van der Waals surface area (Å²) in [5.41, 5.74) is -2.07. The van der Waals surface area contributed by atoms with Crippen LogP contribution in [0.4, 0.5) is 10.5 Å². The molecule has 0 spiro atoms. The Hall–Kier alpha value is -3.27. The number of fused-ring (bicyclic) bond motifs is 1. The summed E-state index contributed by atoms with van der Waals surface area (Å²) in [7, 11) is 0. The topological polar surface area (TPSA) is 108 Å². The quantitative estimate of drug-likeness (QED) is 0.343. The van der Waals surface area contributed by atoms with Gasteiger partial charge in [0.15, 0.2) is 0 Å². The lowest BCUT2D eigenvalue weighted by atomic mass is 10.2. The Balaban J connectivity index is 2.05. The van der Waals surface area contributed by atoms with E-state index in [2.05, 4.69) is 5.32 Å². The minimum absolute atomic E-state index is 0.0762. The largest absolute Gasteiger partial charge is 0.534 e. The van der Waals surface area contributed by atoms with E-state index in [4.69, 9.17) is 30.6 Å². The monoisotopic (exact) mass is 504 g/mol. The number of pyridine rings is 1. The van der Waals surface area contributed by atoms with E-state index in [1.165, 1.54) is 6.07 Å². The molecule has 1 aromatic heterocycles. The molecule has 0 radical (unpaired) electrons. The lowest BCUT2D eigenvalue weighted by molar-refractivity contribution is -0.148. The number of hydrogen-bond acceptors (Lipinski definition) is 8. The normalized spacial score (nSPS) is 12.8. The summed E-state index contributed by atoms with van der Waals surface area (Å²) in [5, 5.41) is 13.8. The number of nitrogens with one attached hydrogen (secondary N) is 1. The first-order valence-corrected chi connectivity index (χ1v) is 11.3. The third kappa shape index (κ3) is 7.35. The molecule has 0 bridgehead atoms. The molecule has 3 aromatic rings. The number of ether oxygens (including phenoxy) is 3. The van der Waals surface area contributed by atoms with Crippen LogP contribution >= 0.6 is 11.6 Å². The summed E-state index contributed by atoms with van der Waals surface area (Å²) in [4.78, 5) is 30.8. The zero-order chi connectivity index (χ0) is 26.0. The van der Waals surface area contributed by atoms with Crippen LogP contribution < -0.4 is 20.5 Å². The van der Waals surface area contributed by atoms with Gasteiger partial charge in [-0.3, -0.25) is 9.63 Å². The first kappa shape index (κ1) is 26.3. The van der Waals surface area contributed by atoms with E-state index < -0.39 is 29.3 Å². The molecule has 35 heavy (non-hydrogen) atoms. The maximum absolute atomic E-state index is 13.2. The van der Waals surface area contributed by atoms with Crippen LogP contribution in [-0.2, 0) is 9.47 Å². The van der Waals surface area contributed by atoms with Crippen molar-refractivity contribution in [2.45, 2.75) is 59.2 Å². The summed E-state index contributed by atoms with van der Waals surface area (Å²) < 4.78 is 17.3. The van der Waals surface area contributed by atoms with Crippen molar-refractivity contribution in [3.05, 3.63) is 63.9 Å². The van der Waals surface area contributed by atoms with Gasteiger partial charge in [-0.25, -0.2) is 4.79 Å². The van der Waals surface area contributed by atoms with E-state index in [0.29, 0.717) is 21.9 Å². The molecule has 1 atom stereocenters. The number of carbonyl (C=O) groups excluding carboxylic acids is 1. The van der Waals surface area contributed by atoms with E-state index in [1.807, 2.05) is 0 Å². The number of para-hydroxylation sites is 1. The molecule has 2 aromatic carbocycles. The Morgan fingerprint density at radius 1 is 1.03 bits per heavy atom. The first-order valence-electron chi connectivity index (χ1n) is 10.9. The molecular formula is C25H29ClN2O7. The van der Waals surface area contributed by atoms with Gasteiger partial charge in [0.2, 0.25) is 6.41 Å². The van der Waals surface area contributed by atoms with Crippen molar-refractivity contribution in [3.63, 3.8) is 0 Å². The summed E-state index contributed by atoms with van der Waals surface area (Å²) >= 11 is 6.19. The fourth-order valence-electron chi connectivity index (χ4n) is 3.02. The van der Waals surface area contributed by atoms with Crippen LogP contribution in [0.1, 0.15) is 41.5 Å². The molecular weight excluding hydrogens is 476 g/mol. The molecule has 1 unspecified atom stereocenters. The van der Waals surface area contributed by atoms with Crippen molar-refractivity contribution < 1.29 is 28.9 Å². The van der Waals surface area contributed by atoms with Gasteiger partial charge in [-0.15, -0.1) is 4.73 Å². The Bertz CT molecular complexity index is 1280. The maximum atomic E-state index is 13.2. The number of aromatic nitrogens is 1. The van der Waals surface area contributed by atoms with E-state index in [-0.39, 0.29) is 11.2 Å². The van der Waals surface area contributed by atoms with Gasteiger partial charge in [0.1, 0.15) is 22.8 Å². The number of anilines is 1. The third-order valence-electron chi connectivity index (χ3n) is 4.30. The summed E-state index contributed by atoms with van der Waals surface area (Å²) in [6.07, 6.45) is -2.57. The average Bonchev–Trinajstić information content (AvgIpc) is 2.70. The smallest absolute Gasteiger partial charge is 0.456 e. The summed E-state index contributed by atoms with van der Waals surface area (Å²) in [5.74, 6) is 0.865. The lowest BCUT2D eigenvalue weighted by Gasteiger charge is -2.25. The zero-order valence-corrected chi connectivity index (χ0v) is 21.2. The number of aliphatic hydroxyl groups excluding tert-OH is 1. The molecule has 3 rings (SSSR count). The number of rotatable bonds is 6. The SMILES string of the molecule is CC(C)(C)OC(=O)On1c(=O)c(NC(O)OC(C)(C)C)cc2cc(Oc3ccccc3Cl)ccc21. The molecule has 0 saturated carbocycles. The Morgan fingerprint density at radius 3 is 2.34 bits per heavy atom. The van der Waals surface area contributed by atoms with Crippen molar-refractivity contribution in [3.8, 4) is 11.5 Å².